The molecule has 5 nitrogen and oxygen atoms in total. The topological polar surface area (TPSA) is 42.9 Å². The van der Waals surface area contributed by atoms with Crippen molar-refractivity contribution >= 4 is 5.96 Å². The van der Waals surface area contributed by atoms with Gasteiger partial charge in [0.25, 0.3) is 0 Å². The summed E-state index contributed by atoms with van der Waals surface area (Å²) in [5.74, 6) is 1.81. The standard InChI is InChI=1S/C23H39N5/c1-20-10-16-27(17-11-20)15-5-12-25-23(24-2)26-18-21-6-8-22(9-7-21)19-28-13-3-4-14-28/h6-9,20H,3-5,10-19H2,1-2H3,(H2,24,25,26). The van der Waals surface area contributed by atoms with E-state index in [0.29, 0.717) is 0 Å². The Morgan fingerprint density at radius 1 is 0.964 bits per heavy atom. The molecule has 0 radical (unpaired) electrons. The van der Waals surface area contributed by atoms with E-state index in [9.17, 15) is 0 Å². The van der Waals surface area contributed by atoms with E-state index in [1.807, 2.05) is 7.05 Å². The minimum atomic E-state index is 0.813. The summed E-state index contributed by atoms with van der Waals surface area (Å²) in [7, 11) is 1.85. The number of guanidine groups is 1. The molecule has 2 fully saturated rings. The molecule has 0 aliphatic carbocycles. The van der Waals surface area contributed by atoms with E-state index in [1.54, 1.807) is 0 Å². The summed E-state index contributed by atoms with van der Waals surface area (Å²) in [6, 6.07) is 9.02. The van der Waals surface area contributed by atoms with Crippen molar-refractivity contribution in [1.82, 2.24) is 20.4 Å². The lowest BCUT2D eigenvalue weighted by atomic mass is 9.99. The van der Waals surface area contributed by atoms with Gasteiger partial charge in [0.2, 0.25) is 0 Å². The highest BCUT2D eigenvalue weighted by Gasteiger charge is 2.15. The minimum Gasteiger partial charge on any atom is -0.356 e. The third-order valence-electron chi connectivity index (χ3n) is 6.13. The van der Waals surface area contributed by atoms with E-state index >= 15 is 0 Å². The summed E-state index contributed by atoms with van der Waals surface area (Å²) in [6.45, 7) is 11.5. The maximum absolute atomic E-state index is 4.36. The highest BCUT2D eigenvalue weighted by Crippen LogP contribution is 2.16. The Kier molecular flexibility index (Phi) is 8.62. The van der Waals surface area contributed by atoms with Crippen LogP contribution in [0.15, 0.2) is 29.3 Å². The van der Waals surface area contributed by atoms with E-state index in [0.717, 1.165) is 31.5 Å². The van der Waals surface area contributed by atoms with Gasteiger partial charge in [-0.15, -0.1) is 0 Å². The zero-order valence-corrected chi connectivity index (χ0v) is 17.9. The molecule has 1 aromatic carbocycles. The second-order valence-electron chi connectivity index (χ2n) is 8.53. The molecule has 0 atom stereocenters. The Hall–Kier alpha value is -1.59. The third kappa shape index (κ3) is 7.10. The molecule has 3 rings (SSSR count). The van der Waals surface area contributed by atoms with Gasteiger partial charge in [-0.25, -0.2) is 0 Å². The molecule has 0 unspecified atom stereocenters. The van der Waals surface area contributed by atoms with E-state index in [2.05, 4.69) is 56.6 Å². The lowest BCUT2D eigenvalue weighted by molar-refractivity contribution is 0.191. The molecule has 156 valence electrons. The molecule has 0 spiro atoms. The molecule has 0 bridgehead atoms. The van der Waals surface area contributed by atoms with Crippen LogP contribution in [-0.2, 0) is 13.1 Å². The number of hydrogen-bond donors (Lipinski definition) is 2. The molecule has 2 aliphatic rings. The van der Waals surface area contributed by atoms with Crippen LogP contribution in [0.1, 0.15) is 50.2 Å². The largest absolute Gasteiger partial charge is 0.356 e. The molecule has 2 heterocycles. The van der Waals surface area contributed by atoms with Gasteiger partial charge in [0, 0.05) is 26.7 Å². The zero-order valence-electron chi connectivity index (χ0n) is 17.9. The smallest absolute Gasteiger partial charge is 0.191 e. The number of benzene rings is 1. The van der Waals surface area contributed by atoms with Gasteiger partial charge >= 0.3 is 0 Å². The van der Waals surface area contributed by atoms with Crippen LogP contribution in [0.4, 0.5) is 0 Å². The van der Waals surface area contributed by atoms with Crippen molar-refractivity contribution in [2.45, 2.75) is 52.1 Å². The number of hydrogen-bond acceptors (Lipinski definition) is 3. The van der Waals surface area contributed by atoms with Crippen molar-refractivity contribution in [2.24, 2.45) is 10.9 Å². The van der Waals surface area contributed by atoms with Crippen LogP contribution in [-0.4, -0.2) is 62.1 Å². The normalized spacial score (nSPS) is 19.9. The summed E-state index contributed by atoms with van der Waals surface area (Å²) >= 11 is 0. The number of nitrogens with zero attached hydrogens (tertiary/aromatic N) is 3. The molecule has 28 heavy (non-hydrogen) atoms. The van der Waals surface area contributed by atoms with Crippen molar-refractivity contribution in [3.63, 3.8) is 0 Å². The lowest BCUT2D eigenvalue weighted by Gasteiger charge is -2.30. The Balaban J connectivity index is 1.31. The number of aliphatic imine (C=N–C) groups is 1. The predicted octanol–water partition coefficient (Wildman–Crippen LogP) is 3.07. The van der Waals surface area contributed by atoms with E-state index in [1.165, 1.54) is 76.0 Å². The first-order valence-electron chi connectivity index (χ1n) is 11.2. The van der Waals surface area contributed by atoms with Gasteiger partial charge in [0.05, 0.1) is 0 Å². The number of rotatable bonds is 8. The lowest BCUT2D eigenvalue weighted by Crippen LogP contribution is -2.39. The monoisotopic (exact) mass is 385 g/mol. The van der Waals surface area contributed by atoms with E-state index in [-0.39, 0.29) is 0 Å². The summed E-state index contributed by atoms with van der Waals surface area (Å²) in [6.07, 6.45) is 6.58. The Labute approximate surface area is 171 Å². The van der Waals surface area contributed by atoms with Gasteiger partial charge < -0.3 is 15.5 Å². The average molecular weight is 386 g/mol. The van der Waals surface area contributed by atoms with E-state index in [4.69, 9.17) is 0 Å². The van der Waals surface area contributed by atoms with Crippen LogP contribution >= 0.6 is 0 Å². The maximum Gasteiger partial charge on any atom is 0.191 e. The van der Waals surface area contributed by atoms with Crippen LogP contribution in [0.3, 0.4) is 0 Å². The van der Waals surface area contributed by atoms with Gasteiger partial charge in [-0.05, 0) is 81.9 Å². The van der Waals surface area contributed by atoms with Gasteiger partial charge in [0.1, 0.15) is 0 Å². The molecule has 0 aromatic heterocycles. The quantitative estimate of drug-likeness (QED) is 0.410. The van der Waals surface area contributed by atoms with Crippen LogP contribution in [0.5, 0.6) is 0 Å². The second-order valence-corrected chi connectivity index (χ2v) is 8.53. The first kappa shape index (κ1) is 21.1. The average Bonchev–Trinajstić information content (AvgIpc) is 3.23. The molecular formula is C23H39N5. The fourth-order valence-electron chi connectivity index (χ4n) is 4.16. The van der Waals surface area contributed by atoms with Crippen molar-refractivity contribution in [3.8, 4) is 0 Å². The summed E-state index contributed by atoms with van der Waals surface area (Å²) in [5.41, 5.74) is 2.72. The molecule has 5 heteroatoms. The van der Waals surface area contributed by atoms with Crippen molar-refractivity contribution in [1.29, 1.82) is 0 Å². The molecular weight excluding hydrogens is 346 g/mol. The molecule has 2 saturated heterocycles. The fraction of sp³-hybridized carbons (Fsp3) is 0.696. The number of piperidine rings is 1. The number of nitrogens with one attached hydrogen (secondary N) is 2. The first-order chi connectivity index (χ1) is 13.7. The number of likely N-dealkylation sites (tertiary alicyclic amines) is 2. The molecule has 2 aliphatic heterocycles. The van der Waals surface area contributed by atoms with Crippen molar-refractivity contribution in [3.05, 3.63) is 35.4 Å². The Bertz CT molecular complexity index is 584. The first-order valence-corrected chi connectivity index (χ1v) is 11.2. The van der Waals surface area contributed by atoms with Crippen LogP contribution < -0.4 is 10.6 Å². The SMILES string of the molecule is CN=C(NCCCN1CCC(C)CC1)NCc1ccc(CN2CCCC2)cc1. The predicted molar refractivity (Wildman–Crippen MR) is 119 cm³/mol. The second kappa shape index (κ2) is 11.4. The van der Waals surface area contributed by atoms with Crippen molar-refractivity contribution in [2.75, 3.05) is 46.3 Å². The molecule has 1 aromatic rings. The highest BCUT2D eigenvalue weighted by atomic mass is 15.2. The summed E-state index contributed by atoms with van der Waals surface area (Å²) < 4.78 is 0. The van der Waals surface area contributed by atoms with Crippen LogP contribution in [0.25, 0.3) is 0 Å². The van der Waals surface area contributed by atoms with Crippen LogP contribution in [0.2, 0.25) is 0 Å². The molecule has 2 N–H and O–H groups in total. The van der Waals surface area contributed by atoms with Gasteiger partial charge in [-0.3, -0.25) is 9.89 Å². The minimum absolute atomic E-state index is 0.813. The van der Waals surface area contributed by atoms with E-state index < -0.39 is 0 Å². The van der Waals surface area contributed by atoms with Gasteiger partial charge in [-0.2, -0.15) is 0 Å². The summed E-state index contributed by atoms with van der Waals surface area (Å²) in [4.78, 5) is 9.50. The molecule has 0 amide bonds. The maximum atomic E-state index is 4.36. The Morgan fingerprint density at radius 3 is 2.32 bits per heavy atom. The fourth-order valence-corrected chi connectivity index (χ4v) is 4.16. The van der Waals surface area contributed by atoms with Gasteiger partial charge in [0.15, 0.2) is 5.96 Å². The van der Waals surface area contributed by atoms with Crippen LogP contribution in [0, 0.1) is 5.92 Å². The molecule has 0 saturated carbocycles. The van der Waals surface area contributed by atoms with Crippen molar-refractivity contribution < 1.29 is 0 Å². The highest BCUT2D eigenvalue weighted by molar-refractivity contribution is 5.79. The van der Waals surface area contributed by atoms with Gasteiger partial charge in [-0.1, -0.05) is 31.2 Å². The summed E-state index contributed by atoms with van der Waals surface area (Å²) in [5, 5.41) is 6.89. The Morgan fingerprint density at radius 2 is 1.64 bits per heavy atom. The zero-order chi connectivity index (χ0) is 19.6. The third-order valence-corrected chi connectivity index (χ3v) is 6.13.